The van der Waals surface area contributed by atoms with E-state index in [2.05, 4.69) is 9.79 Å². The lowest BCUT2D eigenvalue weighted by Gasteiger charge is -2.49. The van der Waals surface area contributed by atoms with Gasteiger partial charge < -0.3 is 33.6 Å². The number of anilines is 2. The summed E-state index contributed by atoms with van der Waals surface area (Å²) in [6.07, 6.45) is 4.97. The Morgan fingerprint density at radius 3 is 2.56 bits per heavy atom. The molecule has 10 nitrogen and oxygen atoms in total. The number of nitrogens with one attached hydrogen (secondary N) is 1. The van der Waals surface area contributed by atoms with Crippen LogP contribution in [0.25, 0.3) is 22.9 Å². The Morgan fingerprint density at radius 2 is 1.68 bits per heavy atom. The number of carbonyl (C=O) groups excluding carboxylic acids is 1. The van der Waals surface area contributed by atoms with E-state index >= 15 is 0 Å². The summed E-state index contributed by atoms with van der Waals surface area (Å²) in [5.74, 6) is 4.02. The minimum absolute atomic E-state index is 0.112. The number of rotatable bonds is 2. The number of aliphatic imine (C=N–C) groups is 1. The quantitative estimate of drug-likeness (QED) is 0.300. The van der Waals surface area contributed by atoms with Gasteiger partial charge in [0.15, 0.2) is 17.1 Å². The molecule has 10 rings (SSSR count). The van der Waals surface area contributed by atoms with Crippen molar-refractivity contribution in [2.24, 2.45) is 9.98 Å². The Morgan fingerprint density at radius 1 is 0.854 bits per heavy atom. The third-order valence-corrected chi connectivity index (χ3v) is 8.57. The van der Waals surface area contributed by atoms with Crippen molar-refractivity contribution in [3.8, 4) is 17.2 Å². The molecule has 1 unspecified atom stereocenters. The van der Waals surface area contributed by atoms with E-state index in [9.17, 15) is 15.0 Å². The minimum Gasteiger partial charge on any atom is -0.648 e. The molecule has 194 valence electrons. The van der Waals surface area contributed by atoms with Gasteiger partial charge in [0, 0.05) is 21.6 Å². The number of phenols is 2. The number of nitrogens with zero attached hydrogens (tertiary/aromatic N) is 5. The third-order valence-electron chi connectivity index (χ3n) is 8.57. The highest BCUT2D eigenvalue weighted by atomic mass is 16.5. The molecule has 3 N–H and O–H groups in total. The highest BCUT2D eigenvalue weighted by Crippen LogP contribution is 2.49. The van der Waals surface area contributed by atoms with Gasteiger partial charge in [-0.3, -0.25) is 4.79 Å². The van der Waals surface area contributed by atoms with Crippen LogP contribution in [0.1, 0.15) is 16.7 Å². The fraction of sp³-hybridized carbons (Fsp3) is 0. The molecule has 0 fully saturated rings. The van der Waals surface area contributed by atoms with Crippen molar-refractivity contribution in [2.75, 3.05) is 5.32 Å². The number of ketones is 1. The molecule has 1 atom stereocenters. The molecule has 5 aromatic rings. The van der Waals surface area contributed by atoms with Gasteiger partial charge in [0.1, 0.15) is 11.5 Å². The van der Waals surface area contributed by atoms with Gasteiger partial charge in [-0.05, 0) is 66.8 Å². The number of para-hydroxylation sites is 1. The zero-order valence-corrected chi connectivity index (χ0v) is 21.1. The topological polar surface area (TPSA) is 116 Å². The first-order chi connectivity index (χ1) is 20.0. The molecular formula is C30H17BN6O4. The smallest absolute Gasteiger partial charge is 0.568 e. The summed E-state index contributed by atoms with van der Waals surface area (Å²) in [5, 5.41) is 26.9. The molecule has 0 bridgehead atoms. The molecular weight excluding hydrogens is 519 g/mol. The monoisotopic (exact) mass is 536 g/mol. The summed E-state index contributed by atoms with van der Waals surface area (Å²) in [6.45, 7) is -2.43. The lowest BCUT2D eigenvalue weighted by molar-refractivity contribution is -0.290. The molecule has 5 aliphatic rings. The largest absolute Gasteiger partial charge is 0.648 e. The number of aromatic nitrogens is 2. The third kappa shape index (κ3) is 2.29. The molecule has 0 saturated heterocycles. The average Bonchev–Trinajstić information content (AvgIpc) is 3.58. The van der Waals surface area contributed by atoms with Crippen LogP contribution in [-0.2, 0) is 4.79 Å². The number of benzene rings is 3. The van der Waals surface area contributed by atoms with E-state index in [1.54, 1.807) is 36.4 Å². The number of aromatic hydroxyl groups is 2. The van der Waals surface area contributed by atoms with Crippen LogP contribution in [0.15, 0.2) is 82.8 Å². The van der Waals surface area contributed by atoms with Crippen LogP contribution in [0.4, 0.5) is 17.5 Å². The molecule has 41 heavy (non-hydrogen) atoms. The van der Waals surface area contributed by atoms with Crippen LogP contribution in [0.2, 0.25) is 0 Å². The van der Waals surface area contributed by atoms with Gasteiger partial charge in [-0.2, -0.15) is 0 Å². The number of fused-ring (bicyclic) bond motifs is 9. The van der Waals surface area contributed by atoms with Crippen molar-refractivity contribution in [2.45, 2.75) is 0 Å². The number of allylic oxidation sites excluding steroid dienone is 1. The number of amidine groups is 2. The summed E-state index contributed by atoms with van der Waals surface area (Å²) in [7, 11) is 0. The zero-order valence-electron chi connectivity index (χ0n) is 21.1. The van der Waals surface area contributed by atoms with Gasteiger partial charge >= 0.3 is 6.75 Å². The van der Waals surface area contributed by atoms with Crippen LogP contribution < -0.4 is 20.7 Å². The lowest BCUT2D eigenvalue weighted by atomic mass is 9.75. The standard InChI is InChI=1S/C30H17BN6O4/c38-15-6-9-19-22(12-15)28-33-26-21-11-8-17(40)14-24(21)30-34-27-20-10-7-16(39)13-23(20)29-32-25(19)35(28)31(36(27)29,37(26)30)41-18-4-2-1-3-5-18/h1-14,32,39-40H. The molecule has 11 heteroatoms. The van der Waals surface area contributed by atoms with Crippen molar-refractivity contribution in [3.05, 3.63) is 100 Å². The maximum Gasteiger partial charge on any atom is 0.568 e. The zero-order chi connectivity index (χ0) is 27.2. The molecule has 0 saturated carbocycles. The maximum atomic E-state index is 12.6. The van der Waals surface area contributed by atoms with Gasteiger partial charge in [-0.25, -0.2) is 0 Å². The predicted octanol–water partition coefficient (Wildman–Crippen LogP) is 2.70. The van der Waals surface area contributed by atoms with Gasteiger partial charge in [0.05, 0.1) is 28.5 Å². The second-order valence-electron chi connectivity index (χ2n) is 10.7. The van der Waals surface area contributed by atoms with Gasteiger partial charge in [0.25, 0.3) is 0 Å². The van der Waals surface area contributed by atoms with E-state index < -0.39 is 6.75 Å². The first kappa shape index (κ1) is 21.0. The van der Waals surface area contributed by atoms with Crippen molar-refractivity contribution < 1.29 is 24.1 Å². The predicted molar refractivity (Wildman–Crippen MR) is 153 cm³/mol. The number of hydrogen-bond acceptors (Lipinski definition) is 7. The molecule has 0 amide bonds. The summed E-state index contributed by atoms with van der Waals surface area (Å²) in [5.41, 5.74) is 2.93. The van der Waals surface area contributed by atoms with Crippen LogP contribution >= 0.6 is 0 Å². The van der Waals surface area contributed by atoms with Crippen molar-refractivity contribution in [1.29, 1.82) is 0 Å². The molecule has 4 aliphatic heterocycles. The van der Waals surface area contributed by atoms with Crippen molar-refractivity contribution >= 4 is 64.6 Å². The molecule has 0 radical (unpaired) electrons. The molecule has 1 aliphatic carbocycles. The van der Waals surface area contributed by atoms with Crippen molar-refractivity contribution in [3.63, 3.8) is 0 Å². The second kappa shape index (κ2) is 6.65. The Labute approximate surface area is 230 Å². The van der Waals surface area contributed by atoms with Crippen LogP contribution in [0.5, 0.6) is 17.2 Å². The number of hydrogen-bond donors (Lipinski definition) is 3. The van der Waals surface area contributed by atoms with E-state index in [0.29, 0.717) is 39.8 Å². The first-order valence-electron chi connectivity index (χ1n) is 13.2. The van der Waals surface area contributed by atoms with E-state index in [1.807, 2.05) is 57.5 Å². The van der Waals surface area contributed by atoms with Gasteiger partial charge in [-0.1, -0.05) is 28.2 Å². The average molecular weight is 536 g/mol. The highest BCUT2D eigenvalue weighted by molar-refractivity contribution is 6.70. The maximum absolute atomic E-state index is 12.6. The van der Waals surface area contributed by atoms with Gasteiger partial charge in [-0.15, -0.1) is 0 Å². The number of phenolic OH excluding ortho intramolecular Hbond substituents is 2. The SMILES string of the molecule is O=C1C=Cc2c3n4c(c2=C1)=NC1=[N+]2C(=Nc5c6ccc(O)cc6c(n5[B-]42Oc2ccccc2)N3)c2cc(O)ccc21. The van der Waals surface area contributed by atoms with Crippen LogP contribution in [-0.4, -0.2) is 47.9 Å². The Bertz CT molecular complexity index is 2370. The van der Waals surface area contributed by atoms with E-state index in [-0.39, 0.29) is 17.3 Å². The highest BCUT2D eigenvalue weighted by Gasteiger charge is 2.60. The summed E-state index contributed by atoms with van der Waals surface area (Å²) < 4.78 is 13.3. The van der Waals surface area contributed by atoms with E-state index in [1.165, 1.54) is 0 Å². The fourth-order valence-corrected chi connectivity index (χ4v) is 7.02. The van der Waals surface area contributed by atoms with Crippen molar-refractivity contribution in [1.82, 2.24) is 8.96 Å². The van der Waals surface area contributed by atoms with Gasteiger partial charge in [0.2, 0.25) is 11.7 Å². The summed E-state index contributed by atoms with van der Waals surface area (Å²) in [4.78, 5) is 23.0. The first-order valence-corrected chi connectivity index (χ1v) is 13.2. The minimum atomic E-state index is -2.43. The normalized spacial score (nSPS) is 19.6. The van der Waals surface area contributed by atoms with Crippen LogP contribution in [0, 0.1) is 0 Å². The summed E-state index contributed by atoms with van der Waals surface area (Å²) >= 11 is 0. The van der Waals surface area contributed by atoms with E-state index in [0.717, 1.165) is 33.3 Å². The molecule has 0 spiro atoms. The Balaban J connectivity index is 1.48. The molecule has 2 aromatic heterocycles. The molecule has 6 heterocycles. The Hall–Kier alpha value is -5.84. The van der Waals surface area contributed by atoms with Crippen LogP contribution in [0.3, 0.4) is 0 Å². The fourth-order valence-electron chi connectivity index (χ4n) is 7.02. The number of carbonyl (C=O) groups is 1. The van der Waals surface area contributed by atoms with E-state index in [4.69, 9.17) is 14.6 Å². The molecule has 3 aromatic carbocycles. The Kier molecular flexibility index (Phi) is 3.41. The lowest BCUT2D eigenvalue weighted by Crippen LogP contribution is -2.74. The second-order valence-corrected chi connectivity index (χ2v) is 10.7. The summed E-state index contributed by atoms with van der Waals surface area (Å²) in [6, 6.07) is 20.0.